The number of nitrogens with zero attached hydrogens (tertiary/aromatic N) is 3. The normalized spacial score (nSPS) is 14.1. The number of ether oxygens (including phenoxy) is 2. The summed E-state index contributed by atoms with van der Waals surface area (Å²) in [6, 6.07) is 12.0. The van der Waals surface area contributed by atoms with E-state index in [2.05, 4.69) is 61.4 Å². The second-order valence-electron chi connectivity index (χ2n) is 8.61. The fraction of sp³-hybridized carbons (Fsp3) is 0.400. The van der Waals surface area contributed by atoms with Gasteiger partial charge in [-0.1, -0.05) is 43.8 Å². The minimum Gasteiger partial charge on any atom is -0.490 e. The second-order valence-corrected chi connectivity index (χ2v) is 9.55. The van der Waals surface area contributed by atoms with Gasteiger partial charge in [0.25, 0.3) is 0 Å². The Hall–Kier alpha value is -3.00. The molecule has 1 aromatic heterocycles. The molecule has 174 valence electrons. The van der Waals surface area contributed by atoms with Gasteiger partial charge < -0.3 is 14.8 Å². The molecule has 0 saturated carbocycles. The van der Waals surface area contributed by atoms with Gasteiger partial charge in [-0.3, -0.25) is 9.36 Å². The maximum Gasteiger partial charge on any atom is 0.230 e. The third kappa shape index (κ3) is 5.50. The average molecular weight is 467 g/mol. The predicted octanol–water partition coefficient (Wildman–Crippen LogP) is 4.65. The van der Waals surface area contributed by atoms with E-state index in [-0.39, 0.29) is 23.6 Å². The van der Waals surface area contributed by atoms with E-state index in [0.717, 1.165) is 40.3 Å². The Bertz CT molecular complexity index is 1130. The number of thioether (sulfide) groups is 1. The van der Waals surface area contributed by atoms with Crippen molar-refractivity contribution in [3.05, 3.63) is 59.4 Å². The predicted molar refractivity (Wildman–Crippen MR) is 129 cm³/mol. The topological polar surface area (TPSA) is 78.3 Å². The summed E-state index contributed by atoms with van der Waals surface area (Å²) < 4.78 is 13.5. The summed E-state index contributed by atoms with van der Waals surface area (Å²) in [5, 5.41) is 12.2. The van der Waals surface area contributed by atoms with Crippen LogP contribution in [0.1, 0.15) is 43.0 Å². The van der Waals surface area contributed by atoms with Gasteiger partial charge in [0.2, 0.25) is 5.91 Å². The zero-order valence-corrected chi connectivity index (χ0v) is 20.3. The van der Waals surface area contributed by atoms with E-state index in [9.17, 15) is 4.79 Å². The number of carbonyl (C=O) groups is 1. The number of aryl methyl sites for hydroxylation is 2. The standard InChI is InChI=1S/C25H30N4O3S/c1-16(2)24(19-8-9-21-22(13-19)32-11-5-10-31-21)27-23(30)14-33-25-28-26-15-29(25)20-12-17(3)6-7-18(20)4/h6-9,12-13,15-16,24H,5,10-11,14H2,1-4H3,(H,27,30)/t24-/m1/s1. The number of carbonyl (C=O) groups excluding carboxylic acids is 1. The van der Waals surface area contributed by atoms with Gasteiger partial charge in [0.1, 0.15) is 6.33 Å². The molecule has 33 heavy (non-hydrogen) atoms. The molecule has 0 unspecified atom stereocenters. The van der Waals surface area contributed by atoms with Crippen LogP contribution in [0.2, 0.25) is 0 Å². The average Bonchev–Trinajstić information content (AvgIpc) is 3.13. The molecule has 0 spiro atoms. The molecule has 0 fully saturated rings. The first-order valence-corrected chi connectivity index (χ1v) is 12.2. The summed E-state index contributed by atoms with van der Waals surface area (Å²) in [6.07, 6.45) is 2.55. The highest BCUT2D eigenvalue weighted by molar-refractivity contribution is 7.99. The van der Waals surface area contributed by atoms with E-state index in [0.29, 0.717) is 18.4 Å². The van der Waals surface area contributed by atoms with Crippen LogP contribution in [0.4, 0.5) is 0 Å². The van der Waals surface area contributed by atoms with Crippen molar-refractivity contribution >= 4 is 17.7 Å². The summed E-state index contributed by atoms with van der Waals surface area (Å²) >= 11 is 1.38. The number of benzene rings is 2. The van der Waals surface area contributed by atoms with Gasteiger partial charge in [-0.25, -0.2) is 0 Å². The van der Waals surface area contributed by atoms with Crippen molar-refractivity contribution in [2.24, 2.45) is 5.92 Å². The molecule has 0 aliphatic carbocycles. The van der Waals surface area contributed by atoms with Crippen molar-refractivity contribution < 1.29 is 14.3 Å². The zero-order chi connectivity index (χ0) is 23.4. The smallest absolute Gasteiger partial charge is 0.230 e. The fourth-order valence-electron chi connectivity index (χ4n) is 3.82. The maximum absolute atomic E-state index is 12.9. The number of rotatable bonds is 7. The molecule has 8 heteroatoms. The molecule has 1 atom stereocenters. The zero-order valence-electron chi connectivity index (χ0n) is 19.5. The molecule has 3 aromatic rings. The second kappa shape index (κ2) is 10.3. The molecule has 7 nitrogen and oxygen atoms in total. The van der Waals surface area contributed by atoms with Gasteiger partial charge in [0.05, 0.1) is 30.7 Å². The van der Waals surface area contributed by atoms with Gasteiger partial charge >= 0.3 is 0 Å². The van der Waals surface area contributed by atoms with E-state index in [1.54, 1.807) is 6.33 Å². The lowest BCUT2D eigenvalue weighted by atomic mass is 9.95. The van der Waals surface area contributed by atoms with Crippen molar-refractivity contribution in [3.63, 3.8) is 0 Å². The van der Waals surface area contributed by atoms with E-state index >= 15 is 0 Å². The largest absolute Gasteiger partial charge is 0.490 e. The van der Waals surface area contributed by atoms with E-state index < -0.39 is 0 Å². The van der Waals surface area contributed by atoms with Crippen LogP contribution in [0, 0.1) is 19.8 Å². The summed E-state index contributed by atoms with van der Waals surface area (Å²) in [5.41, 5.74) is 4.31. The van der Waals surface area contributed by atoms with Crippen molar-refractivity contribution in [1.82, 2.24) is 20.1 Å². The van der Waals surface area contributed by atoms with Crippen LogP contribution < -0.4 is 14.8 Å². The highest BCUT2D eigenvalue weighted by Crippen LogP contribution is 2.34. The molecule has 1 aliphatic rings. The lowest BCUT2D eigenvalue weighted by molar-refractivity contribution is -0.119. The van der Waals surface area contributed by atoms with Crippen molar-refractivity contribution in [3.8, 4) is 17.2 Å². The monoisotopic (exact) mass is 466 g/mol. The summed E-state index contributed by atoms with van der Waals surface area (Å²) in [4.78, 5) is 12.9. The molecular weight excluding hydrogens is 436 g/mol. The molecule has 4 rings (SSSR count). The Kier molecular flexibility index (Phi) is 7.23. The Morgan fingerprint density at radius 3 is 2.70 bits per heavy atom. The van der Waals surface area contributed by atoms with Crippen LogP contribution in [-0.4, -0.2) is 39.6 Å². The lowest BCUT2D eigenvalue weighted by Crippen LogP contribution is -2.33. The van der Waals surface area contributed by atoms with Crippen molar-refractivity contribution in [2.75, 3.05) is 19.0 Å². The Balaban J connectivity index is 1.45. The Morgan fingerprint density at radius 2 is 1.91 bits per heavy atom. The first-order valence-electron chi connectivity index (χ1n) is 11.2. The van der Waals surface area contributed by atoms with Crippen LogP contribution in [-0.2, 0) is 4.79 Å². The van der Waals surface area contributed by atoms with Gasteiger partial charge in [-0.05, 0) is 54.7 Å². The molecule has 1 N–H and O–H groups in total. The van der Waals surface area contributed by atoms with Crippen molar-refractivity contribution in [1.29, 1.82) is 0 Å². The quantitative estimate of drug-likeness (QED) is 0.511. The van der Waals surface area contributed by atoms with Gasteiger partial charge in [0, 0.05) is 6.42 Å². The number of hydrogen-bond donors (Lipinski definition) is 1. The van der Waals surface area contributed by atoms with Crippen LogP contribution in [0.15, 0.2) is 47.9 Å². The maximum atomic E-state index is 12.9. The Labute approximate surface area is 198 Å². The van der Waals surface area contributed by atoms with E-state index in [1.165, 1.54) is 11.8 Å². The summed E-state index contributed by atoms with van der Waals surface area (Å²) in [7, 11) is 0. The fourth-order valence-corrected chi connectivity index (χ4v) is 4.55. The minimum absolute atomic E-state index is 0.0543. The summed E-state index contributed by atoms with van der Waals surface area (Å²) in [6.45, 7) is 9.59. The molecule has 2 aromatic carbocycles. The number of hydrogen-bond acceptors (Lipinski definition) is 6. The highest BCUT2D eigenvalue weighted by atomic mass is 32.2. The van der Waals surface area contributed by atoms with E-state index in [1.807, 2.05) is 22.8 Å². The molecule has 0 saturated heterocycles. The third-order valence-electron chi connectivity index (χ3n) is 5.59. The van der Waals surface area contributed by atoms with Crippen LogP contribution in [0.5, 0.6) is 11.5 Å². The minimum atomic E-state index is -0.132. The van der Waals surface area contributed by atoms with E-state index in [4.69, 9.17) is 9.47 Å². The van der Waals surface area contributed by atoms with Gasteiger partial charge in [-0.2, -0.15) is 0 Å². The van der Waals surface area contributed by atoms with Crippen LogP contribution in [0.3, 0.4) is 0 Å². The first kappa shape index (κ1) is 23.2. The molecule has 0 radical (unpaired) electrons. The van der Waals surface area contributed by atoms with Crippen molar-refractivity contribution in [2.45, 2.75) is 45.3 Å². The number of nitrogens with one attached hydrogen (secondary N) is 1. The SMILES string of the molecule is Cc1ccc(C)c(-n2cnnc2SCC(=O)N[C@@H](c2ccc3c(c2)OCCCO3)C(C)C)c1. The number of fused-ring (bicyclic) bond motifs is 1. The third-order valence-corrected chi connectivity index (χ3v) is 6.53. The molecule has 1 aliphatic heterocycles. The summed E-state index contributed by atoms with van der Waals surface area (Å²) in [5.74, 6) is 1.90. The molecule has 1 amide bonds. The number of aromatic nitrogens is 3. The molecule has 2 heterocycles. The first-order chi connectivity index (χ1) is 15.9. The Morgan fingerprint density at radius 1 is 1.12 bits per heavy atom. The van der Waals surface area contributed by atoms with Gasteiger partial charge in [-0.15, -0.1) is 10.2 Å². The highest BCUT2D eigenvalue weighted by Gasteiger charge is 2.22. The number of amides is 1. The molecular formula is C25H30N4O3S. The van der Waals surface area contributed by atoms with Crippen LogP contribution in [0.25, 0.3) is 5.69 Å². The van der Waals surface area contributed by atoms with Gasteiger partial charge in [0.15, 0.2) is 16.7 Å². The van der Waals surface area contributed by atoms with Crippen LogP contribution >= 0.6 is 11.8 Å². The molecule has 0 bridgehead atoms. The lowest BCUT2D eigenvalue weighted by Gasteiger charge is -2.24.